The normalized spacial score (nSPS) is 11.5. The van der Waals surface area contributed by atoms with Crippen LogP contribution in [-0.4, -0.2) is 18.1 Å². The molecule has 4 nitrogen and oxygen atoms in total. The number of oxime groups is 1. The predicted octanol–water partition coefficient (Wildman–Crippen LogP) is 3.72. The second kappa shape index (κ2) is 6.70. The van der Waals surface area contributed by atoms with Crippen LogP contribution < -0.4 is 10.6 Å². The molecule has 0 spiro atoms. The van der Waals surface area contributed by atoms with Crippen molar-refractivity contribution in [2.75, 3.05) is 11.9 Å². The van der Waals surface area contributed by atoms with Gasteiger partial charge in [-0.1, -0.05) is 52.6 Å². The molecule has 0 aliphatic carbocycles. The molecule has 6 heteroatoms. The highest BCUT2D eigenvalue weighted by Crippen LogP contribution is 2.27. The second-order valence-electron chi connectivity index (χ2n) is 4.60. The van der Waals surface area contributed by atoms with Crippen LogP contribution in [-0.2, 0) is 6.54 Å². The Labute approximate surface area is 133 Å². The summed E-state index contributed by atoms with van der Waals surface area (Å²) in [4.78, 5) is 2.01. The Hall–Kier alpha value is -1.91. The third-order valence-corrected chi connectivity index (χ3v) is 3.99. The molecule has 0 unspecified atom stereocenters. The lowest BCUT2D eigenvalue weighted by Crippen LogP contribution is -2.18. The highest BCUT2D eigenvalue weighted by Gasteiger charge is 2.09. The van der Waals surface area contributed by atoms with Gasteiger partial charge < -0.3 is 15.8 Å². The van der Waals surface area contributed by atoms with Crippen molar-refractivity contribution in [1.29, 1.82) is 0 Å². The summed E-state index contributed by atoms with van der Waals surface area (Å²) in [6.45, 7) is 0.596. The minimum Gasteiger partial charge on any atom is -0.409 e. The molecule has 0 fully saturated rings. The first-order valence-corrected chi connectivity index (χ1v) is 7.00. The number of nitrogens with zero attached hydrogens (tertiary/aromatic N) is 2. The largest absolute Gasteiger partial charge is 0.409 e. The average Bonchev–Trinajstić information content (AvgIpc) is 2.51. The number of benzene rings is 2. The maximum atomic E-state index is 8.74. The quantitative estimate of drug-likeness (QED) is 0.390. The van der Waals surface area contributed by atoms with Gasteiger partial charge in [-0.2, -0.15) is 0 Å². The first kappa shape index (κ1) is 15.5. The molecule has 0 heterocycles. The third kappa shape index (κ3) is 3.60. The number of hydrogen-bond donors (Lipinski definition) is 2. The van der Waals surface area contributed by atoms with Crippen LogP contribution in [0.5, 0.6) is 0 Å². The van der Waals surface area contributed by atoms with Gasteiger partial charge in [0.15, 0.2) is 5.84 Å². The van der Waals surface area contributed by atoms with Gasteiger partial charge in [-0.3, -0.25) is 0 Å². The molecule has 0 saturated heterocycles. The summed E-state index contributed by atoms with van der Waals surface area (Å²) < 4.78 is 0. The fraction of sp³-hybridized carbons (Fsp3) is 0.133. The van der Waals surface area contributed by atoms with E-state index in [4.69, 9.17) is 34.1 Å². The lowest BCUT2D eigenvalue weighted by Gasteiger charge is -2.21. The van der Waals surface area contributed by atoms with Crippen LogP contribution in [0.1, 0.15) is 11.1 Å². The highest BCUT2D eigenvalue weighted by atomic mass is 35.5. The van der Waals surface area contributed by atoms with Crippen LogP contribution in [0, 0.1) is 0 Å². The molecule has 0 aromatic heterocycles. The Morgan fingerprint density at radius 2 is 1.95 bits per heavy atom. The number of nitrogens with two attached hydrogens (primary N) is 1. The van der Waals surface area contributed by atoms with E-state index in [1.54, 1.807) is 12.1 Å². The van der Waals surface area contributed by atoms with Gasteiger partial charge >= 0.3 is 0 Å². The summed E-state index contributed by atoms with van der Waals surface area (Å²) in [5, 5.41) is 12.8. The number of anilines is 1. The van der Waals surface area contributed by atoms with E-state index in [0.717, 1.165) is 11.3 Å². The Bertz CT molecular complexity index is 674. The topological polar surface area (TPSA) is 61.8 Å². The molecule has 2 rings (SSSR count). The van der Waals surface area contributed by atoms with Crippen LogP contribution in [0.2, 0.25) is 10.0 Å². The first-order chi connectivity index (χ1) is 10.0. The molecule has 0 bridgehead atoms. The lowest BCUT2D eigenvalue weighted by atomic mass is 10.1. The van der Waals surface area contributed by atoms with Crippen LogP contribution in [0.4, 0.5) is 5.69 Å². The van der Waals surface area contributed by atoms with Crippen LogP contribution in [0.25, 0.3) is 0 Å². The van der Waals surface area contributed by atoms with E-state index in [9.17, 15) is 0 Å². The second-order valence-corrected chi connectivity index (χ2v) is 5.39. The van der Waals surface area contributed by atoms with E-state index in [1.807, 2.05) is 42.3 Å². The van der Waals surface area contributed by atoms with Crippen molar-refractivity contribution in [2.45, 2.75) is 6.54 Å². The van der Waals surface area contributed by atoms with Crippen molar-refractivity contribution in [2.24, 2.45) is 10.9 Å². The zero-order chi connectivity index (χ0) is 15.4. The molecule has 2 aromatic rings. The van der Waals surface area contributed by atoms with Crippen LogP contribution >= 0.6 is 23.2 Å². The molecule has 3 N–H and O–H groups in total. The van der Waals surface area contributed by atoms with E-state index in [1.165, 1.54) is 0 Å². The van der Waals surface area contributed by atoms with Gasteiger partial charge in [-0.15, -0.1) is 0 Å². The zero-order valence-corrected chi connectivity index (χ0v) is 12.9. The van der Waals surface area contributed by atoms with E-state index in [0.29, 0.717) is 22.2 Å². The molecule has 0 amide bonds. The Morgan fingerprint density at radius 3 is 2.67 bits per heavy atom. The predicted molar refractivity (Wildman–Crippen MR) is 87.5 cm³/mol. The highest BCUT2D eigenvalue weighted by molar-refractivity contribution is 6.42. The molecule has 0 aliphatic heterocycles. The summed E-state index contributed by atoms with van der Waals surface area (Å²) in [5.74, 6) is 0.0750. The molecule has 21 heavy (non-hydrogen) atoms. The molecule has 110 valence electrons. The molecule has 0 aliphatic rings. The Kier molecular flexibility index (Phi) is 4.94. The number of halogens is 2. The third-order valence-electron chi connectivity index (χ3n) is 3.13. The Balaban J connectivity index is 2.24. The fourth-order valence-corrected chi connectivity index (χ4v) is 2.36. The summed E-state index contributed by atoms with van der Waals surface area (Å²) >= 11 is 12.2. The van der Waals surface area contributed by atoms with Crippen molar-refractivity contribution in [3.05, 3.63) is 63.6 Å². The molecular weight excluding hydrogens is 309 g/mol. The van der Waals surface area contributed by atoms with Gasteiger partial charge in [0.2, 0.25) is 0 Å². The standard InChI is InChI=1S/C15H15Cl2N3O/c1-20(9-11-5-3-7-13(16)14(11)17)12-6-2-4-10(8-12)15(18)19-21/h2-8,21H,9H2,1H3,(H2,18,19). The summed E-state index contributed by atoms with van der Waals surface area (Å²) in [5.41, 5.74) is 8.11. The van der Waals surface area contributed by atoms with Gasteiger partial charge in [0.25, 0.3) is 0 Å². The van der Waals surface area contributed by atoms with Crippen molar-refractivity contribution in [3.8, 4) is 0 Å². The van der Waals surface area contributed by atoms with Crippen molar-refractivity contribution >= 4 is 34.7 Å². The summed E-state index contributed by atoms with van der Waals surface area (Å²) in [7, 11) is 1.93. The van der Waals surface area contributed by atoms with Gasteiger partial charge in [-0.05, 0) is 23.8 Å². The van der Waals surface area contributed by atoms with E-state index in [2.05, 4.69) is 5.16 Å². The van der Waals surface area contributed by atoms with Gasteiger partial charge in [0.05, 0.1) is 10.0 Å². The minimum atomic E-state index is 0.0750. The van der Waals surface area contributed by atoms with Crippen LogP contribution in [0.3, 0.4) is 0 Å². The van der Waals surface area contributed by atoms with Gasteiger partial charge in [-0.25, -0.2) is 0 Å². The van der Waals surface area contributed by atoms with Gasteiger partial charge in [0.1, 0.15) is 0 Å². The van der Waals surface area contributed by atoms with E-state index in [-0.39, 0.29) is 5.84 Å². The lowest BCUT2D eigenvalue weighted by molar-refractivity contribution is 0.318. The first-order valence-electron chi connectivity index (χ1n) is 6.25. The van der Waals surface area contributed by atoms with Crippen molar-refractivity contribution < 1.29 is 5.21 Å². The average molecular weight is 324 g/mol. The molecule has 0 radical (unpaired) electrons. The monoisotopic (exact) mass is 323 g/mol. The zero-order valence-electron chi connectivity index (χ0n) is 11.4. The maximum absolute atomic E-state index is 8.74. The fourth-order valence-electron chi connectivity index (χ4n) is 1.98. The smallest absolute Gasteiger partial charge is 0.170 e. The van der Waals surface area contributed by atoms with E-state index < -0.39 is 0 Å². The van der Waals surface area contributed by atoms with Crippen molar-refractivity contribution in [3.63, 3.8) is 0 Å². The van der Waals surface area contributed by atoms with Gasteiger partial charge in [0, 0.05) is 24.8 Å². The maximum Gasteiger partial charge on any atom is 0.170 e. The van der Waals surface area contributed by atoms with Crippen LogP contribution in [0.15, 0.2) is 47.6 Å². The minimum absolute atomic E-state index is 0.0750. The number of rotatable bonds is 4. The SMILES string of the molecule is CN(Cc1cccc(Cl)c1Cl)c1cccc(/C(N)=N/O)c1. The molecule has 0 saturated carbocycles. The Morgan fingerprint density at radius 1 is 1.24 bits per heavy atom. The molecular formula is C15H15Cl2N3O. The van der Waals surface area contributed by atoms with Crippen molar-refractivity contribution in [1.82, 2.24) is 0 Å². The summed E-state index contributed by atoms with van der Waals surface area (Å²) in [6.07, 6.45) is 0. The summed E-state index contributed by atoms with van der Waals surface area (Å²) in [6, 6.07) is 13.0. The molecule has 2 aromatic carbocycles. The number of hydrogen-bond acceptors (Lipinski definition) is 3. The molecule has 0 atom stereocenters. The number of amidine groups is 1. The van der Waals surface area contributed by atoms with E-state index >= 15 is 0 Å².